The first-order valence-electron chi connectivity index (χ1n) is 6.44. The summed E-state index contributed by atoms with van der Waals surface area (Å²) in [4.78, 5) is 11.5. The van der Waals surface area contributed by atoms with Crippen LogP contribution >= 0.6 is 0 Å². The number of nitrogens with one attached hydrogen (secondary N) is 1. The maximum atomic E-state index is 11.5. The third kappa shape index (κ3) is 2.29. The monoisotopic (exact) mass is 260 g/mol. The van der Waals surface area contributed by atoms with Gasteiger partial charge in [-0.3, -0.25) is 4.79 Å². The van der Waals surface area contributed by atoms with Crippen molar-refractivity contribution in [3.8, 4) is 5.75 Å². The summed E-state index contributed by atoms with van der Waals surface area (Å²) in [6, 6.07) is 7.42. The molecule has 100 valence electrons. The van der Waals surface area contributed by atoms with Crippen molar-refractivity contribution in [2.24, 2.45) is 5.73 Å². The number of para-hydroxylation sites is 1. The molecule has 0 spiro atoms. The molecule has 1 amide bonds. The molecule has 1 aliphatic rings. The molecule has 2 aromatic rings. The van der Waals surface area contributed by atoms with E-state index in [1.807, 2.05) is 18.2 Å². The molecule has 1 aromatic carbocycles. The van der Waals surface area contributed by atoms with Gasteiger partial charge >= 0.3 is 0 Å². The van der Waals surface area contributed by atoms with E-state index in [9.17, 15) is 4.79 Å². The largest absolute Gasteiger partial charge is 0.485 e. The number of primary amides is 1. The minimum Gasteiger partial charge on any atom is -0.485 e. The zero-order chi connectivity index (χ0) is 13.2. The number of rotatable bonds is 3. The first-order valence-corrected chi connectivity index (χ1v) is 6.44. The van der Waals surface area contributed by atoms with E-state index in [1.54, 1.807) is 6.07 Å². The van der Waals surface area contributed by atoms with E-state index < -0.39 is 5.91 Å². The molecule has 1 aliphatic heterocycles. The molecule has 0 radical (unpaired) electrons. The normalized spacial score (nSPS) is 16.6. The van der Waals surface area contributed by atoms with Crippen LogP contribution in [0, 0.1) is 0 Å². The van der Waals surface area contributed by atoms with Crippen LogP contribution in [-0.4, -0.2) is 25.1 Å². The summed E-state index contributed by atoms with van der Waals surface area (Å²) in [5.74, 6) is -0.00475. The van der Waals surface area contributed by atoms with Crippen LogP contribution in [0.25, 0.3) is 11.0 Å². The Morgan fingerprint density at radius 1 is 1.32 bits per heavy atom. The van der Waals surface area contributed by atoms with E-state index in [0.717, 1.165) is 31.3 Å². The minimum absolute atomic E-state index is 0.0976. The van der Waals surface area contributed by atoms with Crippen LogP contribution < -0.4 is 15.8 Å². The molecule has 1 saturated heterocycles. The first-order chi connectivity index (χ1) is 9.25. The van der Waals surface area contributed by atoms with Crippen LogP contribution in [0.4, 0.5) is 0 Å². The van der Waals surface area contributed by atoms with Gasteiger partial charge in [0.05, 0.1) is 5.39 Å². The van der Waals surface area contributed by atoms with Gasteiger partial charge < -0.3 is 20.2 Å². The number of fused-ring (bicyclic) bond motifs is 1. The van der Waals surface area contributed by atoms with Gasteiger partial charge in [0.25, 0.3) is 5.91 Å². The fourth-order valence-corrected chi connectivity index (χ4v) is 2.38. The number of hydrogen-bond donors (Lipinski definition) is 2. The molecule has 19 heavy (non-hydrogen) atoms. The molecule has 3 N–H and O–H groups in total. The van der Waals surface area contributed by atoms with Gasteiger partial charge in [0.1, 0.15) is 11.7 Å². The fraction of sp³-hybridized carbons (Fsp3) is 0.357. The van der Waals surface area contributed by atoms with E-state index >= 15 is 0 Å². The predicted octanol–water partition coefficient (Wildman–Crippen LogP) is 1.66. The summed E-state index contributed by atoms with van der Waals surface area (Å²) in [7, 11) is 0. The maximum absolute atomic E-state index is 11.5. The lowest BCUT2D eigenvalue weighted by Gasteiger charge is -2.23. The van der Waals surface area contributed by atoms with Crippen LogP contribution in [0.1, 0.15) is 23.4 Å². The number of ether oxygens (including phenoxy) is 1. The van der Waals surface area contributed by atoms with Crippen molar-refractivity contribution >= 4 is 16.9 Å². The van der Waals surface area contributed by atoms with Crippen LogP contribution in [0.2, 0.25) is 0 Å². The Balaban J connectivity index is 1.99. The smallest absolute Gasteiger partial charge is 0.288 e. The number of carbonyl (C=O) groups is 1. The van der Waals surface area contributed by atoms with Gasteiger partial charge in [-0.2, -0.15) is 0 Å². The van der Waals surface area contributed by atoms with E-state index in [0.29, 0.717) is 11.3 Å². The van der Waals surface area contributed by atoms with E-state index in [4.69, 9.17) is 14.9 Å². The molecule has 5 nitrogen and oxygen atoms in total. The molecule has 0 saturated carbocycles. The molecule has 1 aromatic heterocycles. The van der Waals surface area contributed by atoms with Gasteiger partial charge in [-0.15, -0.1) is 0 Å². The van der Waals surface area contributed by atoms with Crippen molar-refractivity contribution in [2.75, 3.05) is 13.1 Å². The molecule has 3 rings (SSSR count). The first kappa shape index (κ1) is 12.0. The van der Waals surface area contributed by atoms with Crippen molar-refractivity contribution in [2.45, 2.75) is 18.9 Å². The highest BCUT2D eigenvalue weighted by molar-refractivity contribution is 6.00. The van der Waals surface area contributed by atoms with Crippen molar-refractivity contribution in [3.05, 3.63) is 30.0 Å². The van der Waals surface area contributed by atoms with Crippen LogP contribution in [-0.2, 0) is 0 Å². The molecule has 2 heterocycles. The quantitative estimate of drug-likeness (QED) is 0.879. The lowest BCUT2D eigenvalue weighted by molar-refractivity contribution is 0.0961. The van der Waals surface area contributed by atoms with Crippen molar-refractivity contribution in [1.29, 1.82) is 0 Å². The van der Waals surface area contributed by atoms with Crippen molar-refractivity contribution in [1.82, 2.24) is 5.32 Å². The van der Waals surface area contributed by atoms with Gasteiger partial charge in [0, 0.05) is 0 Å². The van der Waals surface area contributed by atoms with E-state index in [1.165, 1.54) is 0 Å². The fourth-order valence-electron chi connectivity index (χ4n) is 2.38. The molecule has 5 heteroatoms. The maximum Gasteiger partial charge on any atom is 0.288 e. The Bertz CT molecular complexity index is 600. The standard InChI is InChI=1S/C14H16N2O3/c15-14(17)13-12(18-9-5-7-16-8-6-9)10-3-1-2-4-11(10)19-13/h1-4,9,16H,5-8H2,(H2,15,17). The number of furan rings is 1. The Hall–Kier alpha value is -2.01. The van der Waals surface area contributed by atoms with Gasteiger partial charge in [-0.25, -0.2) is 0 Å². The van der Waals surface area contributed by atoms with Gasteiger partial charge in [-0.1, -0.05) is 12.1 Å². The van der Waals surface area contributed by atoms with E-state index in [2.05, 4.69) is 5.32 Å². The Labute approximate surface area is 110 Å². The zero-order valence-electron chi connectivity index (χ0n) is 10.5. The molecular weight excluding hydrogens is 244 g/mol. The van der Waals surface area contributed by atoms with Crippen LogP contribution in [0.3, 0.4) is 0 Å². The second-order valence-electron chi connectivity index (χ2n) is 4.69. The molecule has 0 unspecified atom stereocenters. The summed E-state index contributed by atoms with van der Waals surface area (Å²) >= 11 is 0. The Kier molecular flexibility index (Phi) is 3.13. The molecule has 0 aliphatic carbocycles. The number of benzene rings is 1. The van der Waals surface area contributed by atoms with Crippen molar-refractivity contribution in [3.63, 3.8) is 0 Å². The molecular formula is C14H16N2O3. The van der Waals surface area contributed by atoms with Gasteiger partial charge in [0.15, 0.2) is 5.75 Å². The highest BCUT2D eigenvalue weighted by Crippen LogP contribution is 2.34. The number of carbonyl (C=O) groups excluding carboxylic acids is 1. The third-order valence-corrected chi connectivity index (χ3v) is 3.34. The zero-order valence-corrected chi connectivity index (χ0v) is 10.5. The third-order valence-electron chi connectivity index (χ3n) is 3.34. The van der Waals surface area contributed by atoms with Crippen molar-refractivity contribution < 1.29 is 13.9 Å². The summed E-state index contributed by atoms with van der Waals surface area (Å²) in [6.45, 7) is 1.85. The van der Waals surface area contributed by atoms with Gasteiger partial charge in [0.2, 0.25) is 5.76 Å². The molecule has 0 atom stereocenters. The summed E-state index contributed by atoms with van der Waals surface area (Å²) in [6.07, 6.45) is 1.93. The van der Waals surface area contributed by atoms with Crippen LogP contribution in [0.15, 0.2) is 28.7 Å². The summed E-state index contributed by atoms with van der Waals surface area (Å²) in [5, 5.41) is 4.07. The molecule has 0 bridgehead atoms. The second-order valence-corrected chi connectivity index (χ2v) is 4.69. The average Bonchev–Trinajstić information content (AvgIpc) is 2.79. The summed E-state index contributed by atoms with van der Waals surface area (Å²) < 4.78 is 11.5. The minimum atomic E-state index is -0.597. The predicted molar refractivity (Wildman–Crippen MR) is 71.3 cm³/mol. The lowest BCUT2D eigenvalue weighted by Crippen LogP contribution is -2.34. The lowest BCUT2D eigenvalue weighted by atomic mass is 10.1. The second kappa shape index (κ2) is 4.93. The topological polar surface area (TPSA) is 77.5 Å². The number of hydrogen-bond acceptors (Lipinski definition) is 4. The Morgan fingerprint density at radius 2 is 2.05 bits per heavy atom. The average molecular weight is 260 g/mol. The summed E-state index contributed by atoms with van der Waals surface area (Å²) in [5.41, 5.74) is 5.98. The number of amides is 1. The van der Waals surface area contributed by atoms with Gasteiger partial charge in [-0.05, 0) is 38.1 Å². The number of piperidine rings is 1. The molecule has 1 fully saturated rings. The Morgan fingerprint density at radius 3 is 2.79 bits per heavy atom. The van der Waals surface area contributed by atoms with E-state index in [-0.39, 0.29) is 11.9 Å². The SMILES string of the molecule is NC(=O)c1oc2ccccc2c1OC1CCNCC1. The van der Waals surface area contributed by atoms with Crippen LogP contribution in [0.5, 0.6) is 5.75 Å². The highest BCUT2D eigenvalue weighted by Gasteiger charge is 2.23. The number of nitrogens with two attached hydrogens (primary N) is 1. The highest BCUT2D eigenvalue weighted by atomic mass is 16.5.